The van der Waals surface area contributed by atoms with Crippen LogP contribution in [-0.4, -0.2) is 43.7 Å². The number of benzene rings is 1. The van der Waals surface area contributed by atoms with Gasteiger partial charge in [-0.15, -0.1) is 0 Å². The highest BCUT2D eigenvalue weighted by Gasteiger charge is 2.14. The lowest BCUT2D eigenvalue weighted by Gasteiger charge is -2.29. The topological polar surface area (TPSA) is 66.8 Å². The molecule has 1 fully saturated rings. The summed E-state index contributed by atoms with van der Waals surface area (Å²) >= 11 is 0. The van der Waals surface area contributed by atoms with Crippen molar-refractivity contribution in [3.8, 4) is 11.8 Å². The molecular formula is C14H13NO4. The quantitative estimate of drug-likeness (QED) is 0.627. The molecule has 5 heteroatoms. The number of aliphatic carboxylic acids is 1. The number of morpholine rings is 1. The second kappa shape index (κ2) is 6.03. The van der Waals surface area contributed by atoms with Gasteiger partial charge >= 0.3 is 5.97 Å². The Morgan fingerprint density at radius 3 is 2.74 bits per heavy atom. The predicted molar refractivity (Wildman–Crippen MR) is 69.4 cm³/mol. The van der Waals surface area contributed by atoms with E-state index in [-0.39, 0.29) is 0 Å². The molecule has 98 valence electrons. The van der Waals surface area contributed by atoms with Gasteiger partial charge in [-0.3, -0.25) is 4.79 Å². The van der Waals surface area contributed by atoms with Crippen molar-refractivity contribution < 1.29 is 19.4 Å². The second-order valence-electron chi connectivity index (χ2n) is 4.05. The van der Waals surface area contributed by atoms with Crippen LogP contribution in [0.3, 0.4) is 0 Å². The molecule has 2 rings (SSSR count). The Hall–Kier alpha value is -2.32. The van der Waals surface area contributed by atoms with Crippen LogP contribution in [0.1, 0.15) is 15.9 Å². The molecule has 0 amide bonds. The van der Waals surface area contributed by atoms with Gasteiger partial charge in [-0.2, -0.15) is 0 Å². The number of aldehydes is 1. The van der Waals surface area contributed by atoms with Crippen molar-refractivity contribution in [1.82, 2.24) is 0 Å². The van der Waals surface area contributed by atoms with E-state index in [0.717, 1.165) is 12.0 Å². The molecule has 1 aromatic carbocycles. The fourth-order valence-corrected chi connectivity index (χ4v) is 1.92. The lowest BCUT2D eigenvalue weighted by molar-refractivity contribution is -0.130. The van der Waals surface area contributed by atoms with Crippen LogP contribution in [0.15, 0.2) is 18.2 Å². The molecule has 1 heterocycles. The number of carbonyl (C=O) groups excluding carboxylic acids is 1. The third-order valence-corrected chi connectivity index (χ3v) is 2.82. The van der Waals surface area contributed by atoms with Gasteiger partial charge in [0, 0.05) is 35.8 Å². The van der Waals surface area contributed by atoms with Crippen molar-refractivity contribution in [1.29, 1.82) is 0 Å². The molecule has 0 aliphatic carbocycles. The largest absolute Gasteiger partial charge is 0.472 e. The standard InChI is InChI=1S/C14H13NO4/c16-10-12-3-1-11(2-4-14(17)18)9-13(12)15-5-7-19-8-6-15/h1,3,9-10H,5-8H2,(H,17,18). The van der Waals surface area contributed by atoms with E-state index >= 15 is 0 Å². The number of carboxylic acid groups (broad SMARTS) is 1. The summed E-state index contributed by atoms with van der Waals surface area (Å²) in [4.78, 5) is 23.5. The smallest absolute Gasteiger partial charge is 0.382 e. The highest BCUT2D eigenvalue weighted by molar-refractivity contribution is 5.88. The molecule has 1 aromatic rings. The Balaban J connectivity index is 2.33. The third-order valence-electron chi connectivity index (χ3n) is 2.82. The zero-order valence-corrected chi connectivity index (χ0v) is 10.3. The SMILES string of the molecule is O=Cc1ccc(C#CC(=O)O)cc1N1CCOCC1. The van der Waals surface area contributed by atoms with Gasteiger partial charge in [-0.1, -0.05) is 5.92 Å². The Labute approximate surface area is 110 Å². The van der Waals surface area contributed by atoms with E-state index in [4.69, 9.17) is 9.84 Å². The summed E-state index contributed by atoms with van der Waals surface area (Å²) < 4.78 is 5.27. The predicted octanol–water partition coefficient (Wildman–Crippen LogP) is 0.772. The maximum atomic E-state index is 11.1. The number of carbonyl (C=O) groups is 2. The van der Waals surface area contributed by atoms with E-state index in [9.17, 15) is 9.59 Å². The van der Waals surface area contributed by atoms with Gasteiger partial charge in [0.1, 0.15) is 0 Å². The normalized spacial score (nSPS) is 14.4. The number of rotatable bonds is 2. The summed E-state index contributed by atoms with van der Waals surface area (Å²) in [5.41, 5.74) is 1.92. The van der Waals surface area contributed by atoms with Crippen molar-refractivity contribution in [2.24, 2.45) is 0 Å². The number of carboxylic acids is 1. The molecule has 0 spiro atoms. The van der Waals surface area contributed by atoms with E-state index in [2.05, 4.69) is 11.8 Å². The van der Waals surface area contributed by atoms with Crippen molar-refractivity contribution in [2.45, 2.75) is 0 Å². The fourth-order valence-electron chi connectivity index (χ4n) is 1.92. The first kappa shape index (κ1) is 13.1. The lowest BCUT2D eigenvalue weighted by atomic mass is 10.1. The average molecular weight is 259 g/mol. The second-order valence-corrected chi connectivity index (χ2v) is 4.05. The van der Waals surface area contributed by atoms with Gasteiger partial charge in [0.2, 0.25) is 0 Å². The van der Waals surface area contributed by atoms with E-state index in [0.29, 0.717) is 37.4 Å². The van der Waals surface area contributed by atoms with Crippen molar-refractivity contribution in [3.63, 3.8) is 0 Å². The summed E-state index contributed by atoms with van der Waals surface area (Å²) in [7, 11) is 0. The van der Waals surface area contributed by atoms with Crippen molar-refractivity contribution in [2.75, 3.05) is 31.2 Å². The molecule has 5 nitrogen and oxygen atoms in total. The van der Waals surface area contributed by atoms with Crippen molar-refractivity contribution in [3.05, 3.63) is 29.3 Å². The monoisotopic (exact) mass is 259 g/mol. The molecule has 0 atom stereocenters. The van der Waals surface area contributed by atoms with E-state index in [1.165, 1.54) is 0 Å². The lowest BCUT2D eigenvalue weighted by Crippen LogP contribution is -2.36. The van der Waals surface area contributed by atoms with Gasteiger partial charge < -0.3 is 14.7 Å². The number of ether oxygens (including phenoxy) is 1. The van der Waals surface area contributed by atoms with Crippen LogP contribution in [0, 0.1) is 11.8 Å². The summed E-state index contributed by atoms with van der Waals surface area (Å²) in [6.07, 6.45) is 0.791. The maximum Gasteiger partial charge on any atom is 0.382 e. The molecule has 0 unspecified atom stereocenters. The van der Waals surface area contributed by atoms with Crippen LogP contribution in [0.5, 0.6) is 0 Å². The molecule has 0 saturated carbocycles. The maximum absolute atomic E-state index is 11.1. The number of hydrogen-bond acceptors (Lipinski definition) is 4. The third kappa shape index (κ3) is 3.33. The molecular weight excluding hydrogens is 246 g/mol. The Morgan fingerprint density at radius 1 is 1.37 bits per heavy atom. The van der Waals surface area contributed by atoms with Gasteiger partial charge in [0.05, 0.1) is 13.2 Å². The fraction of sp³-hybridized carbons (Fsp3) is 0.286. The van der Waals surface area contributed by atoms with Gasteiger partial charge in [-0.05, 0) is 18.2 Å². The minimum atomic E-state index is -1.17. The molecule has 1 N–H and O–H groups in total. The molecule has 19 heavy (non-hydrogen) atoms. The summed E-state index contributed by atoms with van der Waals surface area (Å²) in [5.74, 6) is 3.44. The first-order valence-corrected chi connectivity index (χ1v) is 5.87. The summed E-state index contributed by atoms with van der Waals surface area (Å²) in [6.45, 7) is 2.64. The highest BCUT2D eigenvalue weighted by atomic mass is 16.5. The Kier molecular flexibility index (Phi) is 4.16. The molecule has 1 aliphatic rings. The molecule has 1 aliphatic heterocycles. The minimum absolute atomic E-state index is 0.572. The van der Waals surface area contributed by atoms with Crippen LogP contribution in [-0.2, 0) is 9.53 Å². The number of anilines is 1. The van der Waals surface area contributed by atoms with Crippen LogP contribution in [0.4, 0.5) is 5.69 Å². The molecule has 0 aromatic heterocycles. The Bertz CT molecular complexity index is 550. The van der Waals surface area contributed by atoms with E-state index < -0.39 is 5.97 Å². The van der Waals surface area contributed by atoms with Crippen molar-refractivity contribution >= 4 is 17.9 Å². The zero-order valence-electron chi connectivity index (χ0n) is 10.3. The molecule has 0 radical (unpaired) electrons. The Morgan fingerprint density at radius 2 is 2.11 bits per heavy atom. The highest BCUT2D eigenvalue weighted by Crippen LogP contribution is 2.21. The average Bonchev–Trinajstić information content (AvgIpc) is 2.45. The zero-order chi connectivity index (χ0) is 13.7. The molecule has 0 bridgehead atoms. The van der Waals surface area contributed by atoms with E-state index in [1.807, 2.05) is 4.90 Å². The minimum Gasteiger partial charge on any atom is -0.472 e. The number of nitrogens with zero attached hydrogens (tertiary/aromatic N) is 1. The first-order valence-electron chi connectivity index (χ1n) is 5.87. The van der Waals surface area contributed by atoms with Crippen LogP contribution in [0.25, 0.3) is 0 Å². The van der Waals surface area contributed by atoms with E-state index in [1.54, 1.807) is 18.2 Å². The summed E-state index contributed by atoms with van der Waals surface area (Å²) in [5, 5.41) is 8.54. The first-order chi connectivity index (χ1) is 9.20. The van der Waals surface area contributed by atoms with Crippen LogP contribution >= 0.6 is 0 Å². The molecule has 1 saturated heterocycles. The van der Waals surface area contributed by atoms with Gasteiger partial charge in [0.25, 0.3) is 0 Å². The van der Waals surface area contributed by atoms with Crippen LogP contribution < -0.4 is 4.90 Å². The van der Waals surface area contributed by atoms with Gasteiger partial charge in [0.15, 0.2) is 6.29 Å². The van der Waals surface area contributed by atoms with Gasteiger partial charge in [-0.25, -0.2) is 4.79 Å². The number of hydrogen-bond donors (Lipinski definition) is 1. The van der Waals surface area contributed by atoms with Crippen LogP contribution in [0.2, 0.25) is 0 Å². The summed E-state index contributed by atoms with van der Waals surface area (Å²) in [6, 6.07) is 5.04.